The molecule has 3 rings (SSSR count). The van der Waals surface area contributed by atoms with Gasteiger partial charge in [-0.3, -0.25) is 9.59 Å². The molecule has 0 aromatic carbocycles. The van der Waals surface area contributed by atoms with Gasteiger partial charge in [-0.1, -0.05) is 12.8 Å². The fourth-order valence-corrected chi connectivity index (χ4v) is 8.00. The van der Waals surface area contributed by atoms with Gasteiger partial charge >= 0.3 is 11.9 Å². The first-order chi connectivity index (χ1) is 12.6. The molecule has 154 valence electrons. The van der Waals surface area contributed by atoms with Crippen LogP contribution in [0.3, 0.4) is 0 Å². The van der Waals surface area contributed by atoms with Crippen LogP contribution < -0.4 is 4.72 Å². The van der Waals surface area contributed by atoms with Crippen LogP contribution >= 0.6 is 23.2 Å². The number of carboxylic acid groups (broad SMARTS) is 2. The smallest absolute Gasteiger partial charge is 0.308 e. The maximum Gasteiger partial charge on any atom is 0.308 e. The van der Waals surface area contributed by atoms with Gasteiger partial charge in [0.15, 0.2) is 0 Å². The summed E-state index contributed by atoms with van der Waals surface area (Å²) >= 11 is 12.2. The summed E-state index contributed by atoms with van der Waals surface area (Å²) < 4.78 is 28.8. The van der Waals surface area contributed by atoms with Gasteiger partial charge in [-0.05, 0) is 43.9 Å². The Balaban J connectivity index is 1.76. The van der Waals surface area contributed by atoms with Crippen LogP contribution in [0.5, 0.6) is 0 Å². The van der Waals surface area contributed by atoms with Crippen molar-refractivity contribution in [3.8, 4) is 0 Å². The zero-order chi connectivity index (χ0) is 19.9. The molecule has 3 aliphatic rings. The monoisotopic (exact) mass is 441 g/mol. The van der Waals surface area contributed by atoms with Crippen LogP contribution in [0.15, 0.2) is 0 Å². The molecule has 3 saturated carbocycles. The quantitative estimate of drug-likeness (QED) is 0.562. The van der Waals surface area contributed by atoms with Crippen molar-refractivity contribution in [2.75, 3.05) is 0 Å². The Bertz CT molecular complexity index is 702. The molecule has 8 unspecified atom stereocenters. The maximum atomic E-state index is 13.1. The van der Waals surface area contributed by atoms with E-state index in [1.165, 1.54) is 0 Å². The van der Waals surface area contributed by atoms with Gasteiger partial charge in [0.2, 0.25) is 10.0 Å². The summed E-state index contributed by atoms with van der Waals surface area (Å²) in [4.78, 5) is 22.9. The van der Waals surface area contributed by atoms with Crippen LogP contribution in [0.25, 0.3) is 0 Å². The summed E-state index contributed by atoms with van der Waals surface area (Å²) in [6, 6.07) is -0.612. The molecule has 8 atom stereocenters. The number of nitrogens with one attached hydrogen (secondary N) is 1. The first-order valence-corrected chi connectivity index (χ1v) is 11.8. The largest absolute Gasteiger partial charge is 0.481 e. The van der Waals surface area contributed by atoms with Gasteiger partial charge in [0.05, 0.1) is 27.8 Å². The molecule has 3 fully saturated rings. The molecule has 3 aliphatic carbocycles. The first-order valence-electron chi connectivity index (χ1n) is 9.35. The van der Waals surface area contributed by atoms with Crippen molar-refractivity contribution >= 4 is 45.2 Å². The number of fused-ring (bicyclic) bond motifs is 1. The molecule has 10 heteroatoms. The van der Waals surface area contributed by atoms with E-state index in [0.29, 0.717) is 6.42 Å². The SMILES string of the molecule is O=C(O)C1CC2CCCC2C(S(=O)(=O)NC2CC(Cl)C(Cl)C(C(=O)O)C2)C1. The topological polar surface area (TPSA) is 121 Å². The number of halogens is 2. The molecule has 0 amide bonds. The minimum atomic E-state index is -3.80. The van der Waals surface area contributed by atoms with Crippen molar-refractivity contribution in [2.45, 2.75) is 67.0 Å². The second-order valence-corrected chi connectivity index (χ2v) is 11.1. The molecule has 0 aromatic rings. The molecule has 0 saturated heterocycles. The van der Waals surface area contributed by atoms with E-state index in [0.717, 1.165) is 19.3 Å². The van der Waals surface area contributed by atoms with Gasteiger partial charge in [0.25, 0.3) is 0 Å². The number of sulfonamides is 1. The molecular weight excluding hydrogens is 417 g/mol. The Morgan fingerprint density at radius 1 is 0.963 bits per heavy atom. The number of hydrogen-bond donors (Lipinski definition) is 3. The van der Waals surface area contributed by atoms with Crippen molar-refractivity contribution in [3.63, 3.8) is 0 Å². The normalized spacial score (nSPS) is 42.4. The maximum absolute atomic E-state index is 13.1. The Labute approximate surface area is 168 Å². The third-order valence-corrected chi connectivity index (χ3v) is 9.66. The van der Waals surface area contributed by atoms with Gasteiger partial charge in [-0.2, -0.15) is 0 Å². The minimum absolute atomic E-state index is 0.0375. The van der Waals surface area contributed by atoms with E-state index in [1.54, 1.807) is 0 Å². The standard InChI is InChI=1S/C17H25Cl2NO6S/c18-13-7-10(6-12(15(13)19)17(23)24)20-27(25,26)14-5-9(16(21)22)4-8-2-1-3-11(8)14/h8-15,20H,1-7H2,(H,21,22)(H,23,24). The summed E-state index contributed by atoms with van der Waals surface area (Å²) in [5.41, 5.74) is 0. The van der Waals surface area contributed by atoms with Crippen LogP contribution in [-0.2, 0) is 19.6 Å². The van der Waals surface area contributed by atoms with Gasteiger partial charge < -0.3 is 10.2 Å². The molecule has 7 nitrogen and oxygen atoms in total. The molecule has 0 aromatic heterocycles. The average molecular weight is 442 g/mol. The molecule has 0 aliphatic heterocycles. The van der Waals surface area contributed by atoms with E-state index in [-0.39, 0.29) is 31.1 Å². The lowest BCUT2D eigenvalue weighted by Gasteiger charge is -2.39. The van der Waals surface area contributed by atoms with Crippen LogP contribution in [0, 0.1) is 23.7 Å². The molecule has 0 radical (unpaired) electrons. The molecule has 0 heterocycles. The summed E-state index contributed by atoms with van der Waals surface area (Å²) in [5, 5.41) is 16.6. The van der Waals surface area contributed by atoms with E-state index in [4.69, 9.17) is 23.2 Å². The Morgan fingerprint density at radius 3 is 2.30 bits per heavy atom. The number of rotatable bonds is 5. The first kappa shape index (κ1) is 21.1. The van der Waals surface area contributed by atoms with Crippen molar-refractivity contribution < 1.29 is 28.2 Å². The summed E-state index contributed by atoms with van der Waals surface area (Å²) in [7, 11) is -3.80. The lowest BCUT2D eigenvalue weighted by Crippen LogP contribution is -2.52. The molecule has 3 N–H and O–H groups in total. The molecule has 27 heavy (non-hydrogen) atoms. The van der Waals surface area contributed by atoms with E-state index in [2.05, 4.69) is 4.72 Å². The van der Waals surface area contributed by atoms with Gasteiger partial charge in [-0.25, -0.2) is 13.1 Å². The fourth-order valence-electron chi connectivity index (χ4n) is 5.16. The molecule has 0 spiro atoms. The number of alkyl halides is 2. The highest BCUT2D eigenvalue weighted by Gasteiger charge is 2.49. The second-order valence-electron chi connectivity index (χ2n) is 8.14. The Morgan fingerprint density at radius 2 is 1.67 bits per heavy atom. The Kier molecular flexibility index (Phi) is 6.30. The van der Waals surface area contributed by atoms with Crippen LogP contribution in [0.4, 0.5) is 0 Å². The second kappa shape index (κ2) is 8.05. The number of hydrogen-bond acceptors (Lipinski definition) is 4. The third kappa shape index (κ3) is 4.38. The lowest BCUT2D eigenvalue weighted by molar-refractivity contribution is -0.144. The zero-order valence-corrected chi connectivity index (χ0v) is 17.1. The van der Waals surface area contributed by atoms with Gasteiger partial charge in [0.1, 0.15) is 0 Å². The zero-order valence-electron chi connectivity index (χ0n) is 14.8. The van der Waals surface area contributed by atoms with Crippen LogP contribution in [0.2, 0.25) is 0 Å². The number of carbonyl (C=O) groups is 2. The highest BCUT2D eigenvalue weighted by molar-refractivity contribution is 7.90. The van der Waals surface area contributed by atoms with Crippen LogP contribution in [0.1, 0.15) is 44.9 Å². The number of carboxylic acids is 2. The Hall–Kier alpha value is -0.570. The van der Waals surface area contributed by atoms with Crippen LogP contribution in [-0.4, -0.2) is 52.6 Å². The average Bonchev–Trinajstić information content (AvgIpc) is 3.04. The van der Waals surface area contributed by atoms with Gasteiger partial charge in [-0.15, -0.1) is 23.2 Å². The molecular formula is C17H25Cl2NO6S. The fraction of sp³-hybridized carbons (Fsp3) is 0.882. The third-order valence-electron chi connectivity index (χ3n) is 6.47. The van der Waals surface area contributed by atoms with Crippen molar-refractivity contribution in [1.82, 2.24) is 4.72 Å². The highest BCUT2D eigenvalue weighted by atomic mass is 35.5. The van der Waals surface area contributed by atoms with E-state index >= 15 is 0 Å². The minimum Gasteiger partial charge on any atom is -0.481 e. The highest BCUT2D eigenvalue weighted by Crippen LogP contribution is 2.47. The van der Waals surface area contributed by atoms with Crippen molar-refractivity contribution in [3.05, 3.63) is 0 Å². The predicted molar refractivity (Wildman–Crippen MR) is 100 cm³/mol. The van der Waals surface area contributed by atoms with Crippen molar-refractivity contribution in [2.24, 2.45) is 23.7 Å². The molecule has 0 bridgehead atoms. The van der Waals surface area contributed by atoms with E-state index in [1.807, 2.05) is 0 Å². The predicted octanol–water partition coefficient (Wildman–Crippen LogP) is 2.26. The summed E-state index contributed by atoms with van der Waals surface area (Å²) in [6.07, 6.45) is 3.53. The summed E-state index contributed by atoms with van der Waals surface area (Å²) in [5.74, 6) is -3.54. The van der Waals surface area contributed by atoms with Crippen molar-refractivity contribution in [1.29, 1.82) is 0 Å². The van der Waals surface area contributed by atoms with E-state index < -0.39 is 55.8 Å². The van der Waals surface area contributed by atoms with Gasteiger partial charge in [0, 0.05) is 6.04 Å². The lowest BCUT2D eigenvalue weighted by atomic mass is 9.75. The number of aliphatic carboxylic acids is 2. The van der Waals surface area contributed by atoms with E-state index in [9.17, 15) is 28.2 Å². The summed E-state index contributed by atoms with van der Waals surface area (Å²) in [6.45, 7) is 0.